The predicted molar refractivity (Wildman–Crippen MR) is 216 cm³/mol. The van der Waals surface area contributed by atoms with E-state index in [9.17, 15) is 0 Å². The van der Waals surface area contributed by atoms with Gasteiger partial charge in [0.25, 0.3) is 0 Å². The molecule has 1 N–H and O–H groups in total. The molecule has 0 atom stereocenters. The summed E-state index contributed by atoms with van der Waals surface area (Å²) in [6, 6.07) is 48.5. The van der Waals surface area contributed by atoms with Gasteiger partial charge >= 0.3 is 0 Å². The monoisotopic (exact) mass is 655 g/mol. The largest absolute Gasteiger partial charge is 0.387 e. The number of fused-ring (bicyclic) bond motifs is 9. The van der Waals surface area contributed by atoms with Gasteiger partial charge < -0.3 is 5.32 Å². The van der Waals surface area contributed by atoms with Gasteiger partial charge in [-0.05, 0) is 143 Å². The van der Waals surface area contributed by atoms with E-state index in [1.807, 2.05) is 0 Å². The highest BCUT2D eigenvalue weighted by Gasteiger charge is 2.37. The standard InChI is InChI=1S/C50H41N/c1-30-10-19-37(42-23-15-33-24-25-51-29-43(33)48(30)42)32-13-11-31(12-14-32)34-16-20-40-41-22-18-36(28-47(41)50(4,5)46(40)26-34)35-17-21-39-38-8-6-7-9-44(38)49(2,3)45(39)27-35/h6-28,51H,29H2,1-5H3. The molecule has 0 fully saturated rings. The van der Waals surface area contributed by atoms with Crippen LogP contribution in [0.4, 0.5) is 0 Å². The Labute approximate surface area is 301 Å². The summed E-state index contributed by atoms with van der Waals surface area (Å²) in [7, 11) is 0. The maximum Gasteiger partial charge on any atom is 0.0407 e. The van der Waals surface area contributed by atoms with Gasteiger partial charge in [-0.15, -0.1) is 0 Å². The van der Waals surface area contributed by atoms with Gasteiger partial charge in [0, 0.05) is 17.4 Å². The van der Waals surface area contributed by atoms with Crippen molar-refractivity contribution in [3.05, 3.63) is 173 Å². The maximum atomic E-state index is 3.42. The fourth-order valence-corrected chi connectivity index (χ4v) is 9.45. The van der Waals surface area contributed by atoms with Gasteiger partial charge in [0.15, 0.2) is 0 Å². The maximum absolute atomic E-state index is 3.42. The number of hydrogen-bond donors (Lipinski definition) is 1. The average Bonchev–Trinajstić information content (AvgIpc) is 3.53. The van der Waals surface area contributed by atoms with Gasteiger partial charge in [0.05, 0.1) is 0 Å². The highest BCUT2D eigenvalue weighted by atomic mass is 14.8. The molecule has 0 aromatic heterocycles. The van der Waals surface area contributed by atoms with E-state index in [2.05, 4.69) is 180 Å². The fraction of sp³-hybridized carbons (Fsp3) is 0.160. The molecule has 0 amide bonds. The molecular formula is C50H41N. The number of benzene rings is 7. The topological polar surface area (TPSA) is 12.0 Å². The van der Waals surface area contributed by atoms with Crippen LogP contribution < -0.4 is 5.32 Å². The van der Waals surface area contributed by atoms with E-state index in [1.54, 1.807) is 0 Å². The molecule has 0 saturated carbocycles. The SMILES string of the molecule is Cc1ccc(-c2ccc(-c3ccc4c(c3)C(C)(C)c3cc(-c5ccc6c(c5)C(C)(C)c5ccccc5-6)ccc3-4)cc2)c2ccc3c(c12)CNC=C3. The molecule has 0 radical (unpaired) electrons. The van der Waals surface area contributed by atoms with Crippen LogP contribution in [0.2, 0.25) is 0 Å². The normalized spacial score (nSPS) is 15.5. The third-order valence-electron chi connectivity index (χ3n) is 12.3. The lowest BCUT2D eigenvalue weighted by Crippen LogP contribution is -2.15. The lowest BCUT2D eigenvalue weighted by Gasteiger charge is -2.23. The zero-order valence-electron chi connectivity index (χ0n) is 30.0. The van der Waals surface area contributed by atoms with E-state index in [1.165, 1.54) is 105 Å². The van der Waals surface area contributed by atoms with Gasteiger partial charge in [-0.1, -0.05) is 137 Å². The van der Waals surface area contributed by atoms with Gasteiger partial charge in [-0.2, -0.15) is 0 Å². The molecule has 10 rings (SSSR count). The number of rotatable bonds is 3. The number of hydrogen-bond acceptors (Lipinski definition) is 1. The molecule has 7 aromatic rings. The minimum Gasteiger partial charge on any atom is -0.387 e. The van der Waals surface area contributed by atoms with Crippen LogP contribution in [0.3, 0.4) is 0 Å². The lowest BCUT2D eigenvalue weighted by atomic mass is 9.80. The highest BCUT2D eigenvalue weighted by Crippen LogP contribution is 2.52. The minimum absolute atomic E-state index is 0.00823. The average molecular weight is 656 g/mol. The second-order valence-corrected chi connectivity index (χ2v) is 15.9. The van der Waals surface area contributed by atoms with E-state index >= 15 is 0 Å². The lowest BCUT2D eigenvalue weighted by molar-refractivity contribution is 0.659. The summed E-state index contributed by atoms with van der Waals surface area (Å²) in [5.74, 6) is 0. The zero-order valence-corrected chi connectivity index (χ0v) is 30.0. The van der Waals surface area contributed by atoms with Crippen molar-refractivity contribution in [1.82, 2.24) is 5.32 Å². The van der Waals surface area contributed by atoms with Gasteiger partial charge in [-0.3, -0.25) is 0 Å². The summed E-state index contributed by atoms with van der Waals surface area (Å²) in [4.78, 5) is 0. The Morgan fingerprint density at radius 1 is 0.471 bits per heavy atom. The van der Waals surface area contributed by atoms with Crippen molar-refractivity contribution in [3.8, 4) is 55.6 Å². The number of aryl methyl sites for hydroxylation is 1. The summed E-state index contributed by atoms with van der Waals surface area (Å²) in [6.07, 6.45) is 4.24. The predicted octanol–water partition coefficient (Wildman–Crippen LogP) is 12.8. The van der Waals surface area contributed by atoms with Gasteiger partial charge in [-0.25, -0.2) is 0 Å². The van der Waals surface area contributed by atoms with E-state index in [0.717, 1.165) is 6.54 Å². The zero-order chi connectivity index (χ0) is 34.6. The Morgan fingerprint density at radius 3 is 1.63 bits per heavy atom. The second-order valence-electron chi connectivity index (χ2n) is 15.9. The molecule has 2 aliphatic carbocycles. The highest BCUT2D eigenvalue weighted by molar-refractivity contribution is 6.02. The summed E-state index contributed by atoms with van der Waals surface area (Å²) < 4.78 is 0. The molecule has 1 heterocycles. The van der Waals surface area contributed by atoms with Crippen LogP contribution in [-0.2, 0) is 17.4 Å². The van der Waals surface area contributed by atoms with Crippen molar-refractivity contribution in [3.63, 3.8) is 0 Å². The van der Waals surface area contributed by atoms with Crippen LogP contribution in [0.25, 0.3) is 72.5 Å². The molecule has 0 unspecified atom stereocenters. The molecule has 3 aliphatic rings. The van der Waals surface area contributed by atoms with Crippen molar-refractivity contribution in [1.29, 1.82) is 0 Å². The molecule has 51 heavy (non-hydrogen) atoms. The Hall–Kier alpha value is -5.66. The van der Waals surface area contributed by atoms with Crippen LogP contribution in [0.15, 0.2) is 134 Å². The van der Waals surface area contributed by atoms with Crippen LogP contribution in [0, 0.1) is 6.92 Å². The van der Waals surface area contributed by atoms with Crippen molar-refractivity contribution in [2.45, 2.75) is 52.0 Å². The van der Waals surface area contributed by atoms with Crippen molar-refractivity contribution in [2.24, 2.45) is 0 Å². The first kappa shape index (κ1) is 30.2. The first-order chi connectivity index (χ1) is 24.7. The number of nitrogens with one attached hydrogen (secondary N) is 1. The van der Waals surface area contributed by atoms with Gasteiger partial charge in [0.1, 0.15) is 0 Å². The summed E-state index contributed by atoms with van der Waals surface area (Å²) in [6.45, 7) is 12.6. The Balaban J connectivity index is 0.980. The Bertz CT molecular complexity index is 2630. The molecule has 0 spiro atoms. The third-order valence-corrected chi connectivity index (χ3v) is 12.3. The third kappa shape index (κ3) is 4.34. The molecule has 1 nitrogen and oxygen atoms in total. The molecule has 246 valence electrons. The van der Waals surface area contributed by atoms with E-state index in [-0.39, 0.29) is 10.8 Å². The first-order valence-electron chi connectivity index (χ1n) is 18.3. The summed E-state index contributed by atoms with van der Waals surface area (Å²) in [5, 5.41) is 6.12. The Kier molecular flexibility index (Phi) is 6.32. The minimum atomic E-state index is -0.104. The van der Waals surface area contributed by atoms with E-state index in [0.29, 0.717) is 0 Å². The van der Waals surface area contributed by atoms with Crippen molar-refractivity contribution >= 4 is 16.8 Å². The van der Waals surface area contributed by atoms with Crippen molar-refractivity contribution in [2.75, 3.05) is 0 Å². The van der Waals surface area contributed by atoms with Crippen LogP contribution >= 0.6 is 0 Å². The molecule has 1 aliphatic heterocycles. The molecule has 1 heteroatoms. The molecule has 7 aromatic carbocycles. The summed E-state index contributed by atoms with van der Waals surface area (Å²) >= 11 is 0. The van der Waals surface area contributed by atoms with E-state index < -0.39 is 0 Å². The first-order valence-corrected chi connectivity index (χ1v) is 18.3. The smallest absolute Gasteiger partial charge is 0.0407 e. The molecule has 0 saturated heterocycles. The Morgan fingerprint density at radius 2 is 0.980 bits per heavy atom. The van der Waals surface area contributed by atoms with Crippen LogP contribution in [0.5, 0.6) is 0 Å². The van der Waals surface area contributed by atoms with Crippen LogP contribution in [0.1, 0.15) is 66.6 Å². The van der Waals surface area contributed by atoms with Crippen LogP contribution in [-0.4, -0.2) is 0 Å². The van der Waals surface area contributed by atoms with E-state index in [4.69, 9.17) is 0 Å². The van der Waals surface area contributed by atoms with Gasteiger partial charge in [0.2, 0.25) is 0 Å². The molecular weight excluding hydrogens is 615 g/mol. The second kappa shape index (κ2) is 10.7. The quantitative estimate of drug-likeness (QED) is 0.200. The molecule has 0 bridgehead atoms. The summed E-state index contributed by atoms with van der Waals surface area (Å²) in [5.41, 5.74) is 22.7. The van der Waals surface area contributed by atoms with Crippen molar-refractivity contribution < 1.29 is 0 Å². The fourth-order valence-electron chi connectivity index (χ4n) is 9.45.